The number of hydrogen-bond acceptors (Lipinski definition) is 5. The van der Waals surface area contributed by atoms with Gasteiger partial charge in [0.05, 0.1) is 31.0 Å². The van der Waals surface area contributed by atoms with Gasteiger partial charge in [0.1, 0.15) is 11.5 Å². The summed E-state index contributed by atoms with van der Waals surface area (Å²) in [6.45, 7) is 6.01. The number of halogens is 2. The molecule has 1 aliphatic heterocycles. The van der Waals surface area contributed by atoms with Gasteiger partial charge in [0.2, 0.25) is 5.91 Å². The Morgan fingerprint density at radius 1 is 1.07 bits per heavy atom. The smallest absolute Gasteiger partial charge is 0.241 e. The number of benzene rings is 2. The summed E-state index contributed by atoms with van der Waals surface area (Å²) in [6.07, 6.45) is 0. The Morgan fingerprint density at radius 2 is 1.80 bits per heavy atom. The second kappa shape index (κ2) is 10.4. The molecule has 1 heterocycles. The van der Waals surface area contributed by atoms with Crippen molar-refractivity contribution in [2.75, 3.05) is 45.7 Å². The van der Waals surface area contributed by atoms with E-state index in [1.165, 1.54) is 0 Å². The van der Waals surface area contributed by atoms with E-state index in [4.69, 9.17) is 32.7 Å². The number of nitrogens with zero attached hydrogens (tertiary/aromatic N) is 2. The molecule has 1 fully saturated rings. The van der Waals surface area contributed by atoms with Crippen molar-refractivity contribution in [3.8, 4) is 11.5 Å². The van der Waals surface area contributed by atoms with E-state index in [9.17, 15) is 4.79 Å². The zero-order valence-electron chi connectivity index (χ0n) is 17.5. The van der Waals surface area contributed by atoms with Gasteiger partial charge in [-0.3, -0.25) is 14.6 Å². The van der Waals surface area contributed by atoms with E-state index in [1.807, 2.05) is 25.1 Å². The number of carbonyl (C=O) groups is 1. The highest BCUT2D eigenvalue weighted by molar-refractivity contribution is 6.36. The Bertz CT molecular complexity index is 886. The van der Waals surface area contributed by atoms with Gasteiger partial charge in [-0.1, -0.05) is 23.2 Å². The maximum atomic E-state index is 12.7. The summed E-state index contributed by atoms with van der Waals surface area (Å²) < 4.78 is 10.8. The molecule has 0 saturated carbocycles. The molecular weight excluding hydrogens is 425 g/mol. The number of methoxy groups -OCH3 is 2. The lowest BCUT2D eigenvalue weighted by Gasteiger charge is -2.37. The molecule has 3 rings (SSSR count). The highest BCUT2D eigenvalue weighted by Gasteiger charge is 2.26. The van der Waals surface area contributed by atoms with Crippen LogP contribution in [0.4, 0.5) is 5.69 Å². The Morgan fingerprint density at radius 3 is 2.43 bits per heavy atom. The van der Waals surface area contributed by atoms with Crippen LogP contribution in [-0.4, -0.2) is 62.1 Å². The number of ether oxygens (including phenoxy) is 2. The molecule has 2 aromatic carbocycles. The standard InChI is InChI=1S/C22H27Cl2N3O3/c1-15(22(28)25-20-6-4-17(23)13-19(20)24)27-10-8-26(9-11-27)14-16-12-18(29-2)5-7-21(16)30-3/h4-7,12-13,15H,8-11,14H2,1-3H3,(H,25,28)/t15-/m1/s1. The first-order valence-corrected chi connectivity index (χ1v) is 10.6. The second-order valence-corrected chi connectivity index (χ2v) is 8.12. The molecule has 162 valence electrons. The van der Waals surface area contributed by atoms with E-state index >= 15 is 0 Å². The van der Waals surface area contributed by atoms with Crippen LogP contribution in [0.15, 0.2) is 36.4 Å². The van der Waals surface area contributed by atoms with Gasteiger partial charge >= 0.3 is 0 Å². The van der Waals surface area contributed by atoms with E-state index in [1.54, 1.807) is 32.4 Å². The van der Waals surface area contributed by atoms with Crippen LogP contribution in [-0.2, 0) is 11.3 Å². The molecule has 0 unspecified atom stereocenters. The molecule has 1 amide bonds. The molecule has 0 aliphatic carbocycles. The Balaban J connectivity index is 1.55. The van der Waals surface area contributed by atoms with E-state index in [2.05, 4.69) is 15.1 Å². The van der Waals surface area contributed by atoms with E-state index in [-0.39, 0.29) is 11.9 Å². The van der Waals surface area contributed by atoms with Gasteiger partial charge in [0, 0.05) is 43.3 Å². The number of rotatable bonds is 7. The minimum Gasteiger partial charge on any atom is -0.497 e. The van der Waals surface area contributed by atoms with Crippen LogP contribution in [0.3, 0.4) is 0 Å². The first-order valence-electron chi connectivity index (χ1n) is 9.84. The minimum absolute atomic E-state index is 0.0814. The van der Waals surface area contributed by atoms with Crippen LogP contribution in [0.2, 0.25) is 10.0 Å². The van der Waals surface area contributed by atoms with Crippen LogP contribution in [0.5, 0.6) is 11.5 Å². The number of anilines is 1. The number of amides is 1. The molecule has 1 aliphatic rings. The van der Waals surface area contributed by atoms with Crippen molar-refractivity contribution >= 4 is 34.8 Å². The van der Waals surface area contributed by atoms with Gasteiger partial charge in [-0.25, -0.2) is 0 Å². The third kappa shape index (κ3) is 5.58. The van der Waals surface area contributed by atoms with Gasteiger partial charge < -0.3 is 14.8 Å². The van der Waals surface area contributed by atoms with Crippen LogP contribution >= 0.6 is 23.2 Å². The first kappa shape index (κ1) is 22.7. The molecule has 1 saturated heterocycles. The molecule has 2 aromatic rings. The van der Waals surface area contributed by atoms with Crippen molar-refractivity contribution in [1.29, 1.82) is 0 Å². The van der Waals surface area contributed by atoms with E-state index in [0.29, 0.717) is 15.7 Å². The predicted octanol–water partition coefficient (Wildman–Crippen LogP) is 4.16. The van der Waals surface area contributed by atoms with Crippen LogP contribution in [0.25, 0.3) is 0 Å². The highest BCUT2D eigenvalue weighted by atomic mass is 35.5. The quantitative estimate of drug-likeness (QED) is 0.684. The lowest BCUT2D eigenvalue weighted by Crippen LogP contribution is -2.52. The zero-order chi connectivity index (χ0) is 21.7. The summed E-state index contributed by atoms with van der Waals surface area (Å²) in [6, 6.07) is 10.6. The zero-order valence-corrected chi connectivity index (χ0v) is 19.0. The minimum atomic E-state index is -0.259. The van der Waals surface area contributed by atoms with Gasteiger partial charge in [0.15, 0.2) is 0 Å². The Kier molecular flexibility index (Phi) is 7.83. The van der Waals surface area contributed by atoms with Crippen molar-refractivity contribution < 1.29 is 14.3 Å². The van der Waals surface area contributed by atoms with Crippen LogP contribution in [0.1, 0.15) is 12.5 Å². The summed E-state index contributed by atoms with van der Waals surface area (Å²) >= 11 is 12.1. The molecule has 1 N–H and O–H groups in total. The summed E-state index contributed by atoms with van der Waals surface area (Å²) in [7, 11) is 3.34. The Hall–Kier alpha value is -1.99. The fourth-order valence-electron chi connectivity index (χ4n) is 3.55. The average molecular weight is 452 g/mol. The largest absolute Gasteiger partial charge is 0.497 e. The summed E-state index contributed by atoms with van der Waals surface area (Å²) in [5.74, 6) is 1.59. The molecule has 0 spiro atoms. The molecule has 0 aromatic heterocycles. The van der Waals surface area contributed by atoms with Crippen molar-refractivity contribution in [3.63, 3.8) is 0 Å². The van der Waals surface area contributed by atoms with Crippen molar-refractivity contribution in [2.24, 2.45) is 0 Å². The molecule has 8 heteroatoms. The normalized spacial score (nSPS) is 16.2. The topological polar surface area (TPSA) is 54.0 Å². The number of piperazine rings is 1. The molecule has 0 radical (unpaired) electrons. The predicted molar refractivity (Wildman–Crippen MR) is 121 cm³/mol. The number of nitrogens with one attached hydrogen (secondary N) is 1. The summed E-state index contributed by atoms with van der Waals surface area (Å²) in [5, 5.41) is 3.87. The average Bonchev–Trinajstić information content (AvgIpc) is 2.75. The van der Waals surface area contributed by atoms with Crippen LogP contribution in [0, 0.1) is 0 Å². The molecule has 30 heavy (non-hydrogen) atoms. The molecule has 1 atom stereocenters. The maximum absolute atomic E-state index is 12.7. The van der Waals surface area contributed by atoms with Gasteiger partial charge in [0.25, 0.3) is 0 Å². The lowest BCUT2D eigenvalue weighted by atomic mass is 10.1. The number of hydrogen-bond donors (Lipinski definition) is 1. The molecule has 6 nitrogen and oxygen atoms in total. The number of carbonyl (C=O) groups excluding carboxylic acids is 1. The molecule has 0 bridgehead atoms. The lowest BCUT2D eigenvalue weighted by molar-refractivity contribution is -0.121. The van der Waals surface area contributed by atoms with Gasteiger partial charge in [-0.2, -0.15) is 0 Å². The van der Waals surface area contributed by atoms with Crippen LogP contribution < -0.4 is 14.8 Å². The van der Waals surface area contributed by atoms with Crippen molar-refractivity contribution in [3.05, 3.63) is 52.0 Å². The summed E-state index contributed by atoms with van der Waals surface area (Å²) in [4.78, 5) is 17.2. The summed E-state index contributed by atoms with van der Waals surface area (Å²) in [5.41, 5.74) is 1.66. The van der Waals surface area contributed by atoms with E-state index in [0.717, 1.165) is 49.8 Å². The fourth-order valence-corrected chi connectivity index (χ4v) is 4.00. The third-order valence-corrected chi connectivity index (χ3v) is 5.95. The van der Waals surface area contributed by atoms with Gasteiger partial charge in [-0.15, -0.1) is 0 Å². The van der Waals surface area contributed by atoms with Crippen molar-refractivity contribution in [2.45, 2.75) is 19.5 Å². The van der Waals surface area contributed by atoms with Gasteiger partial charge in [-0.05, 0) is 43.3 Å². The first-order chi connectivity index (χ1) is 14.4. The van der Waals surface area contributed by atoms with E-state index < -0.39 is 0 Å². The fraction of sp³-hybridized carbons (Fsp3) is 0.409. The SMILES string of the molecule is COc1ccc(OC)c(CN2CCN([C@H](C)C(=O)Nc3ccc(Cl)cc3Cl)CC2)c1. The molecular formula is C22H27Cl2N3O3. The monoisotopic (exact) mass is 451 g/mol. The Labute approximate surface area is 187 Å². The third-order valence-electron chi connectivity index (χ3n) is 5.40. The maximum Gasteiger partial charge on any atom is 0.241 e. The van der Waals surface area contributed by atoms with Crippen molar-refractivity contribution in [1.82, 2.24) is 9.80 Å². The second-order valence-electron chi connectivity index (χ2n) is 7.28. The highest BCUT2D eigenvalue weighted by Crippen LogP contribution is 2.27.